The van der Waals surface area contributed by atoms with Gasteiger partial charge in [0.1, 0.15) is 6.42 Å². The Labute approximate surface area is 78.1 Å². The number of carbonyl (C=O) groups excluding carboxylic acids is 1. The van der Waals surface area contributed by atoms with Crippen LogP contribution in [0.4, 0.5) is 0 Å². The smallest absolute Gasteiger partial charge is 0.236 e. The Bertz CT molecular complexity index is 216. The molecule has 1 fully saturated rings. The zero-order valence-corrected chi connectivity index (χ0v) is 7.82. The molecular weight excluding hydrogens is 168 g/mol. The van der Waals surface area contributed by atoms with E-state index in [9.17, 15) is 4.79 Å². The van der Waals surface area contributed by atoms with Crippen LogP contribution in [0.15, 0.2) is 0 Å². The van der Waals surface area contributed by atoms with E-state index in [1.54, 1.807) is 11.9 Å². The molecule has 0 aromatic carbocycles. The van der Waals surface area contributed by atoms with Crippen molar-refractivity contribution in [2.24, 2.45) is 0 Å². The molecule has 0 N–H and O–H groups in total. The molecule has 0 bridgehead atoms. The molecular formula is C9H14N2O2. The molecule has 72 valence electrons. The van der Waals surface area contributed by atoms with Crippen LogP contribution in [0.1, 0.15) is 19.3 Å². The normalized spacial score (nSPS) is 21.1. The first-order valence-electron chi connectivity index (χ1n) is 4.46. The first kappa shape index (κ1) is 10.0. The molecule has 0 saturated carbocycles. The zero-order chi connectivity index (χ0) is 9.68. The first-order chi connectivity index (χ1) is 6.24. The van der Waals surface area contributed by atoms with Crippen LogP contribution in [0.5, 0.6) is 0 Å². The van der Waals surface area contributed by atoms with Crippen LogP contribution in [0, 0.1) is 11.3 Å². The molecule has 1 aliphatic rings. The third-order valence-electron chi connectivity index (χ3n) is 2.16. The van der Waals surface area contributed by atoms with Gasteiger partial charge in [0.25, 0.3) is 0 Å². The summed E-state index contributed by atoms with van der Waals surface area (Å²) < 4.78 is 5.38. The summed E-state index contributed by atoms with van der Waals surface area (Å²) in [6, 6.07) is 1.84. The summed E-state index contributed by atoms with van der Waals surface area (Å²) >= 11 is 0. The summed E-state index contributed by atoms with van der Waals surface area (Å²) in [5, 5.41) is 8.32. The molecule has 4 nitrogen and oxygen atoms in total. The van der Waals surface area contributed by atoms with Gasteiger partial charge in [-0.3, -0.25) is 4.79 Å². The summed E-state index contributed by atoms with van der Waals surface area (Å²) in [7, 11) is 1.71. The molecule has 4 heteroatoms. The number of hydrogen-bond donors (Lipinski definition) is 0. The van der Waals surface area contributed by atoms with Crippen molar-refractivity contribution in [1.29, 1.82) is 5.26 Å². The van der Waals surface area contributed by atoms with Crippen molar-refractivity contribution in [2.45, 2.75) is 25.4 Å². The summed E-state index contributed by atoms with van der Waals surface area (Å²) in [6.07, 6.45) is 2.23. The predicted molar refractivity (Wildman–Crippen MR) is 46.8 cm³/mol. The second-order valence-corrected chi connectivity index (χ2v) is 3.24. The fourth-order valence-electron chi connectivity index (χ4n) is 1.40. The van der Waals surface area contributed by atoms with Crippen LogP contribution >= 0.6 is 0 Å². The number of amides is 1. The molecule has 13 heavy (non-hydrogen) atoms. The van der Waals surface area contributed by atoms with Gasteiger partial charge in [0, 0.05) is 20.2 Å². The maximum absolute atomic E-state index is 11.2. The summed E-state index contributed by atoms with van der Waals surface area (Å²) in [6.45, 7) is 1.41. The van der Waals surface area contributed by atoms with Gasteiger partial charge in [-0.15, -0.1) is 0 Å². The third-order valence-corrected chi connectivity index (χ3v) is 2.16. The molecule has 0 aromatic heterocycles. The van der Waals surface area contributed by atoms with E-state index in [4.69, 9.17) is 10.00 Å². The average molecular weight is 182 g/mol. The predicted octanol–water partition coefficient (Wildman–Crippen LogP) is 0.537. The minimum Gasteiger partial charge on any atom is -0.376 e. The molecule has 1 unspecified atom stereocenters. The van der Waals surface area contributed by atoms with Crippen molar-refractivity contribution in [3.8, 4) is 6.07 Å². The zero-order valence-electron chi connectivity index (χ0n) is 7.82. The lowest BCUT2D eigenvalue weighted by Gasteiger charge is -2.19. The second kappa shape index (κ2) is 4.83. The van der Waals surface area contributed by atoms with Crippen molar-refractivity contribution in [2.75, 3.05) is 20.2 Å². The van der Waals surface area contributed by atoms with Crippen LogP contribution in [-0.2, 0) is 9.53 Å². The van der Waals surface area contributed by atoms with E-state index < -0.39 is 0 Å². The Morgan fingerprint density at radius 1 is 1.77 bits per heavy atom. The highest BCUT2D eigenvalue weighted by atomic mass is 16.5. The van der Waals surface area contributed by atoms with Crippen LogP contribution < -0.4 is 0 Å². The number of nitrogens with zero attached hydrogens (tertiary/aromatic N) is 2. The molecule has 0 spiro atoms. The van der Waals surface area contributed by atoms with E-state index >= 15 is 0 Å². The van der Waals surface area contributed by atoms with Gasteiger partial charge in [-0.25, -0.2) is 0 Å². The van der Waals surface area contributed by atoms with E-state index in [1.807, 2.05) is 6.07 Å². The Balaban J connectivity index is 2.27. The quantitative estimate of drug-likeness (QED) is 0.640. The van der Waals surface area contributed by atoms with E-state index in [0.717, 1.165) is 19.4 Å². The standard InChI is InChI=1S/C9H14N2O2/c1-11(9(12)4-5-10)7-8-3-2-6-13-8/h8H,2-4,6-7H2,1H3. The van der Waals surface area contributed by atoms with Gasteiger partial charge in [-0.05, 0) is 12.8 Å². The molecule has 0 radical (unpaired) electrons. The Morgan fingerprint density at radius 3 is 3.08 bits per heavy atom. The fraction of sp³-hybridized carbons (Fsp3) is 0.778. The minimum atomic E-state index is -0.127. The van der Waals surface area contributed by atoms with Gasteiger partial charge in [0.2, 0.25) is 5.91 Å². The lowest BCUT2D eigenvalue weighted by Crippen LogP contribution is -2.33. The van der Waals surface area contributed by atoms with E-state index in [1.165, 1.54) is 0 Å². The monoisotopic (exact) mass is 182 g/mol. The molecule has 1 heterocycles. The van der Waals surface area contributed by atoms with E-state index in [-0.39, 0.29) is 18.4 Å². The number of likely N-dealkylation sites (N-methyl/N-ethyl adjacent to an activating group) is 1. The molecule has 0 aromatic rings. The lowest BCUT2D eigenvalue weighted by atomic mass is 10.2. The van der Waals surface area contributed by atoms with Gasteiger partial charge >= 0.3 is 0 Å². The Morgan fingerprint density at radius 2 is 2.54 bits per heavy atom. The van der Waals surface area contributed by atoms with Crippen LogP contribution in [-0.4, -0.2) is 37.1 Å². The SMILES string of the molecule is CN(CC1CCCO1)C(=O)CC#N. The number of nitriles is 1. The largest absolute Gasteiger partial charge is 0.376 e. The topological polar surface area (TPSA) is 53.3 Å². The molecule has 1 atom stereocenters. The van der Waals surface area contributed by atoms with Gasteiger partial charge in [-0.1, -0.05) is 0 Å². The Hall–Kier alpha value is -1.08. The van der Waals surface area contributed by atoms with Gasteiger partial charge in [0.05, 0.1) is 12.2 Å². The van der Waals surface area contributed by atoms with Crippen LogP contribution in [0.2, 0.25) is 0 Å². The molecule has 1 aliphatic heterocycles. The molecule has 1 saturated heterocycles. The first-order valence-corrected chi connectivity index (χ1v) is 4.46. The van der Waals surface area contributed by atoms with Crippen molar-refractivity contribution in [1.82, 2.24) is 4.90 Å². The van der Waals surface area contributed by atoms with Crippen molar-refractivity contribution >= 4 is 5.91 Å². The highest BCUT2D eigenvalue weighted by Gasteiger charge is 2.19. The molecule has 0 aliphatic carbocycles. The number of ether oxygens (including phenoxy) is 1. The van der Waals surface area contributed by atoms with Crippen LogP contribution in [0.3, 0.4) is 0 Å². The van der Waals surface area contributed by atoms with Gasteiger partial charge < -0.3 is 9.64 Å². The maximum atomic E-state index is 11.2. The van der Waals surface area contributed by atoms with Gasteiger partial charge in [0.15, 0.2) is 0 Å². The summed E-state index contributed by atoms with van der Waals surface area (Å²) in [4.78, 5) is 12.7. The summed E-state index contributed by atoms with van der Waals surface area (Å²) in [5.74, 6) is -0.127. The highest BCUT2D eigenvalue weighted by molar-refractivity contribution is 5.77. The van der Waals surface area contributed by atoms with Crippen LogP contribution in [0.25, 0.3) is 0 Å². The molecule has 1 rings (SSSR count). The highest BCUT2D eigenvalue weighted by Crippen LogP contribution is 2.12. The van der Waals surface area contributed by atoms with E-state index in [2.05, 4.69) is 0 Å². The Kier molecular flexibility index (Phi) is 3.71. The maximum Gasteiger partial charge on any atom is 0.236 e. The van der Waals surface area contributed by atoms with Gasteiger partial charge in [-0.2, -0.15) is 5.26 Å². The van der Waals surface area contributed by atoms with Crippen molar-refractivity contribution in [3.05, 3.63) is 0 Å². The molecule has 1 amide bonds. The summed E-state index contributed by atoms with van der Waals surface area (Å²) in [5.41, 5.74) is 0. The fourth-order valence-corrected chi connectivity index (χ4v) is 1.40. The number of rotatable bonds is 3. The number of carbonyl (C=O) groups is 1. The third kappa shape index (κ3) is 3.03. The minimum absolute atomic E-state index is 0.0385. The number of hydrogen-bond acceptors (Lipinski definition) is 3. The van der Waals surface area contributed by atoms with Crippen molar-refractivity contribution in [3.63, 3.8) is 0 Å². The average Bonchev–Trinajstić information content (AvgIpc) is 2.57. The second-order valence-electron chi connectivity index (χ2n) is 3.24. The lowest BCUT2D eigenvalue weighted by molar-refractivity contribution is -0.130. The van der Waals surface area contributed by atoms with E-state index in [0.29, 0.717) is 6.54 Å². The van der Waals surface area contributed by atoms with Crippen molar-refractivity contribution < 1.29 is 9.53 Å².